The van der Waals surface area contributed by atoms with E-state index in [-0.39, 0.29) is 6.61 Å². The van der Waals surface area contributed by atoms with Crippen LogP contribution in [-0.2, 0) is 16.3 Å². The predicted molar refractivity (Wildman–Crippen MR) is 72.6 cm³/mol. The summed E-state index contributed by atoms with van der Waals surface area (Å²) in [5.74, 6) is 0. The second kappa shape index (κ2) is 7.30. The van der Waals surface area contributed by atoms with Gasteiger partial charge in [-0.05, 0) is 24.8 Å². The number of carboxylic acid groups (broad SMARTS) is 1. The molecule has 2 rings (SSSR count). The number of nitrogens with one attached hydrogen (secondary N) is 1. The van der Waals surface area contributed by atoms with Gasteiger partial charge in [0.15, 0.2) is 0 Å². The number of hydrogen-bond acceptors (Lipinski definition) is 4. The lowest BCUT2D eigenvalue weighted by molar-refractivity contribution is -0.152. The number of hydroxylamine groups is 3. The third-order valence-electron chi connectivity index (χ3n) is 2.88. The molecule has 2 N–H and O–H groups in total. The van der Waals surface area contributed by atoms with E-state index in [1.54, 1.807) is 18.2 Å². The number of carbonyl (C=O) groups is 2. The maximum absolute atomic E-state index is 11.5. The lowest BCUT2D eigenvalue weighted by Crippen LogP contribution is -2.37. The van der Waals surface area contributed by atoms with Gasteiger partial charge in [-0.15, -0.1) is 10.0 Å². The summed E-state index contributed by atoms with van der Waals surface area (Å²) in [7, 11) is 0. The highest BCUT2D eigenvalue weighted by Gasteiger charge is 2.22. The van der Waals surface area contributed by atoms with Gasteiger partial charge in [-0.2, -0.15) is 5.48 Å². The molecule has 21 heavy (non-hydrogen) atoms. The summed E-state index contributed by atoms with van der Waals surface area (Å²) in [5, 5.41) is 9.66. The first-order chi connectivity index (χ1) is 10.2. The van der Waals surface area contributed by atoms with Crippen LogP contribution in [0.1, 0.15) is 24.8 Å². The van der Waals surface area contributed by atoms with E-state index in [2.05, 4.69) is 0 Å². The lowest BCUT2D eigenvalue weighted by atomic mass is 10.2. The summed E-state index contributed by atoms with van der Waals surface area (Å²) < 4.78 is 4.91. The third kappa shape index (κ3) is 4.50. The summed E-state index contributed by atoms with van der Waals surface area (Å²) in [5.41, 5.74) is 3.28. The maximum Gasteiger partial charge on any atom is 0.438 e. The van der Waals surface area contributed by atoms with Crippen LogP contribution in [0.25, 0.3) is 0 Å². The molecule has 0 heterocycles. The molecule has 0 saturated carbocycles. The Balaban J connectivity index is 1.78. The highest BCUT2D eigenvalue weighted by molar-refractivity contribution is 5.68. The maximum atomic E-state index is 11.5. The van der Waals surface area contributed by atoms with Gasteiger partial charge in [-0.3, -0.25) is 0 Å². The molecule has 0 aromatic heterocycles. The van der Waals surface area contributed by atoms with E-state index in [4.69, 9.17) is 14.8 Å². The molecule has 0 saturated heterocycles. The molecule has 7 heteroatoms. The minimum absolute atomic E-state index is 0.0752. The Hall–Kier alpha value is -2.54. The summed E-state index contributed by atoms with van der Waals surface area (Å²) in [6.07, 6.45) is 1.84. The van der Waals surface area contributed by atoms with Gasteiger partial charge in [0.2, 0.25) is 0 Å². The van der Waals surface area contributed by atoms with Crippen LogP contribution in [0.4, 0.5) is 9.59 Å². The second-order valence-corrected chi connectivity index (χ2v) is 4.42. The zero-order valence-electron chi connectivity index (χ0n) is 11.3. The Morgan fingerprint density at radius 2 is 2.05 bits per heavy atom. The van der Waals surface area contributed by atoms with Gasteiger partial charge >= 0.3 is 12.2 Å². The van der Waals surface area contributed by atoms with Crippen LogP contribution in [0.3, 0.4) is 0 Å². The SMILES string of the molecule is O=C(NON(C(=O)O)C1=CCCC1)OCc1ccccc1. The van der Waals surface area contributed by atoms with Crippen molar-refractivity contribution < 1.29 is 24.4 Å². The van der Waals surface area contributed by atoms with E-state index >= 15 is 0 Å². The standard InChI is InChI=1S/C14H16N2O5/c17-13(20-10-11-6-2-1-3-7-11)15-21-16(14(18)19)12-8-4-5-9-12/h1-3,6-8H,4-5,9-10H2,(H,15,17)(H,18,19). The minimum atomic E-state index is -1.30. The Bertz CT molecular complexity index is 529. The molecule has 0 spiro atoms. The lowest BCUT2D eigenvalue weighted by Gasteiger charge is -2.18. The van der Waals surface area contributed by atoms with Crippen LogP contribution in [0.5, 0.6) is 0 Å². The minimum Gasteiger partial charge on any atom is -0.463 e. The summed E-state index contributed by atoms with van der Waals surface area (Å²) in [4.78, 5) is 27.3. The van der Waals surface area contributed by atoms with E-state index in [0.29, 0.717) is 17.2 Å². The molecule has 7 nitrogen and oxygen atoms in total. The van der Waals surface area contributed by atoms with Gasteiger partial charge in [0.05, 0.1) is 5.70 Å². The molecule has 112 valence electrons. The Kier molecular flexibility index (Phi) is 5.16. The first-order valence-electron chi connectivity index (χ1n) is 6.52. The fourth-order valence-corrected chi connectivity index (χ4v) is 1.89. The van der Waals surface area contributed by atoms with Crippen LogP contribution < -0.4 is 5.48 Å². The highest BCUT2D eigenvalue weighted by Crippen LogP contribution is 2.21. The molecule has 1 aromatic carbocycles. The molecule has 1 aromatic rings. The normalized spacial score (nSPS) is 13.4. The van der Waals surface area contributed by atoms with Crippen molar-refractivity contribution in [3.63, 3.8) is 0 Å². The molecule has 1 aliphatic carbocycles. The monoisotopic (exact) mass is 292 g/mol. The zero-order chi connectivity index (χ0) is 15.1. The van der Waals surface area contributed by atoms with Crippen molar-refractivity contribution in [3.8, 4) is 0 Å². The predicted octanol–water partition coefficient (Wildman–Crippen LogP) is 2.81. The van der Waals surface area contributed by atoms with Crippen molar-refractivity contribution in [2.24, 2.45) is 0 Å². The highest BCUT2D eigenvalue weighted by atomic mass is 16.8. The number of amides is 2. The van der Waals surface area contributed by atoms with Crippen LogP contribution in [0.15, 0.2) is 42.1 Å². The fraction of sp³-hybridized carbons (Fsp3) is 0.286. The van der Waals surface area contributed by atoms with Gasteiger partial charge < -0.3 is 9.84 Å². The molecule has 0 unspecified atom stereocenters. The van der Waals surface area contributed by atoms with E-state index in [0.717, 1.165) is 18.4 Å². The number of rotatable bonds is 5. The second-order valence-electron chi connectivity index (χ2n) is 4.42. The molecule has 1 aliphatic rings. The molecule has 0 fully saturated rings. The van der Waals surface area contributed by atoms with E-state index in [9.17, 15) is 9.59 Å². The van der Waals surface area contributed by atoms with Crippen LogP contribution in [0.2, 0.25) is 0 Å². The largest absolute Gasteiger partial charge is 0.463 e. The zero-order valence-corrected chi connectivity index (χ0v) is 11.3. The fourth-order valence-electron chi connectivity index (χ4n) is 1.89. The molecule has 0 aliphatic heterocycles. The molecular formula is C14H16N2O5. The smallest absolute Gasteiger partial charge is 0.438 e. The van der Waals surface area contributed by atoms with Crippen molar-refractivity contribution in [1.82, 2.24) is 10.5 Å². The van der Waals surface area contributed by atoms with Crippen LogP contribution >= 0.6 is 0 Å². The van der Waals surface area contributed by atoms with E-state index < -0.39 is 12.2 Å². The Labute approximate surface area is 121 Å². The first kappa shape index (κ1) is 14.9. The molecule has 0 atom stereocenters. The number of nitrogens with zero attached hydrogens (tertiary/aromatic N) is 1. The number of benzene rings is 1. The quantitative estimate of drug-likeness (QED) is 0.815. The van der Waals surface area contributed by atoms with Crippen LogP contribution in [-0.4, -0.2) is 22.4 Å². The average Bonchev–Trinajstić information content (AvgIpc) is 3.00. The van der Waals surface area contributed by atoms with Crippen molar-refractivity contribution in [3.05, 3.63) is 47.7 Å². The average molecular weight is 292 g/mol. The molecule has 2 amide bonds. The van der Waals surface area contributed by atoms with Crippen LogP contribution in [0, 0.1) is 0 Å². The van der Waals surface area contributed by atoms with Gasteiger partial charge in [0.1, 0.15) is 6.61 Å². The topological polar surface area (TPSA) is 88.1 Å². The van der Waals surface area contributed by atoms with Gasteiger partial charge in [-0.1, -0.05) is 36.4 Å². The van der Waals surface area contributed by atoms with Crippen molar-refractivity contribution >= 4 is 12.2 Å². The third-order valence-corrected chi connectivity index (χ3v) is 2.88. The molecule has 0 bridgehead atoms. The molecule has 0 radical (unpaired) electrons. The number of ether oxygens (including phenoxy) is 1. The van der Waals surface area contributed by atoms with Gasteiger partial charge in [0, 0.05) is 0 Å². The van der Waals surface area contributed by atoms with Gasteiger partial charge in [0.25, 0.3) is 0 Å². The number of allylic oxidation sites excluding steroid dienone is 2. The van der Waals surface area contributed by atoms with E-state index in [1.807, 2.05) is 23.7 Å². The Morgan fingerprint density at radius 1 is 1.29 bits per heavy atom. The van der Waals surface area contributed by atoms with Crippen molar-refractivity contribution in [2.75, 3.05) is 0 Å². The summed E-state index contributed by atoms with van der Waals surface area (Å²) >= 11 is 0. The number of carbonyl (C=O) groups excluding carboxylic acids is 1. The summed E-state index contributed by atoms with van der Waals surface area (Å²) in [6, 6.07) is 9.12. The number of hydrogen-bond donors (Lipinski definition) is 2. The van der Waals surface area contributed by atoms with Gasteiger partial charge in [-0.25, -0.2) is 9.59 Å². The van der Waals surface area contributed by atoms with E-state index in [1.165, 1.54) is 0 Å². The van der Waals surface area contributed by atoms with Crippen molar-refractivity contribution in [2.45, 2.75) is 25.9 Å². The van der Waals surface area contributed by atoms with Crippen molar-refractivity contribution in [1.29, 1.82) is 0 Å². The molecular weight excluding hydrogens is 276 g/mol. The first-order valence-corrected chi connectivity index (χ1v) is 6.52. The Morgan fingerprint density at radius 3 is 2.67 bits per heavy atom. The summed E-state index contributed by atoms with van der Waals surface area (Å²) in [6.45, 7) is 0.0752.